The Morgan fingerprint density at radius 2 is 1.91 bits per heavy atom. The van der Waals surface area contributed by atoms with E-state index in [1.807, 2.05) is 0 Å². The summed E-state index contributed by atoms with van der Waals surface area (Å²) in [6.45, 7) is 3.52. The molecule has 0 atom stereocenters. The summed E-state index contributed by atoms with van der Waals surface area (Å²) in [7, 11) is 3.42. The van der Waals surface area contributed by atoms with Crippen LogP contribution in [0.4, 0.5) is 4.39 Å². The van der Waals surface area contributed by atoms with E-state index in [9.17, 15) is 9.18 Å². The van der Waals surface area contributed by atoms with Crippen LogP contribution in [0, 0.1) is 5.82 Å². The third-order valence-electron chi connectivity index (χ3n) is 3.06. The summed E-state index contributed by atoms with van der Waals surface area (Å²) < 4.78 is 12.9. The second-order valence-corrected chi connectivity index (χ2v) is 5.21. The van der Waals surface area contributed by atoms with E-state index >= 15 is 0 Å². The molecular weight excluding hydrogens is 283 g/mol. The molecule has 1 aromatic rings. The number of aliphatic imine (C=N–C) groups is 1. The van der Waals surface area contributed by atoms with E-state index < -0.39 is 0 Å². The van der Waals surface area contributed by atoms with Crippen LogP contribution in [0.2, 0.25) is 0 Å². The van der Waals surface area contributed by atoms with Gasteiger partial charge in [0.2, 0.25) is 5.91 Å². The number of halogens is 1. The maximum absolute atomic E-state index is 12.9. The number of hydrogen-bond donors (Lipinski definition) is 2. The summed E-state index contributed by atoms with van der Waals surface area (Å²) in [6, 6.07) is 6.23. The standard InChI is InChI=1S/C16H25FN4O/c1-4-5-10-18-16(20-12-15(22)21(2)3)19-11-13-6-8-14(17)9-7-13/h6-9H,4-5,10-12H2,1-3H3,(H2,18,19,20). The van der Waals surface area contributed by atoms with Gasteiger partial charge in [-0.3, -0.25) is 4.79 Å². The molecule has 0 radical (unpaired) electrons. The van der Waals surface area contributed by atoms with Gasteiger partial charge in [0.05, 0.1) is 13.1 Å². The van der Waals surface area contributed by atoms with Gasteiger partial charge in [0, 0.05) is 20.6 Å². The minimum atomic E-state index is -0.260. The van der Waals surface area contributed by atoms with Crippen LogP contribution in [0.3, 0.4) is 0 Å². The molecular formula is C16H25FN4O. The summed E-state index contributed by atoms with van der Waals surface area (Å²) in [4.78, 5) is 17.6. The lowest BCUT2D eigenvalue weighted by Crippen LogP contribution is -2.43. The molecule has 22 heavy (non-hydrogen) atoms. The SMILES string of the molecule is CCCCNC(=NCc1ccc(F)cc1)NCC(=O)N(C)C. The molecule has 0 aromatic heterocycles. The molecule has 0 heterocycles. The number of benzene rings is 1. The molecule has 6 heteroatoms. The first-order chi connectivity index (χ1) is 10.5. The van der Waals surface area contributed by atoms with Crippen LogP contribution in [-0.2, 0) is 11.3 Å². The zero-order chi connectivity index (χ0) is 16.4. The molecule has 1 amide bonds. The van der Waals surface area contributed by atoms with Crippen molar-refractivity contribution in [1.82, 2.24) is 15.5 Å². The van der Waals surface area contributed by atoms with Gasteiger partial charge in [-0.05, 0) is 24.1 Å². The van der Waals surface area contributed by atoms with Crippen LogP contribution >= 0.6 is 0 Å². The van der Waals surface area contributed by atoms with E-state index in [-0.39, 0.29) is 18.3 Å². The highest BCUT2D eigenvalue weighted by molar-refractivity contribution is 5.86. The molecule has 0 aliphatic carbocycles. The van der Waals surface area contributed by atoms with Crippen molar-refractivity contribution in [3.8, 4) is 0 Å². The fraction of sp³-hybridized carbons (Fsp3) is 0.500. The lowest BCUT2D eigenvalue weighted by molar-refractivity contribution is -0.127. The molecule has 0 saturated heterocycles. The van der Waals surface area contributed by atoms with Crippen molar-refractivity contribution in [3.63, 3.8) is 0 Å². The Balaban J connectivity index is 2.60. The number of nitrogens with zero attached hydrogens (tertiary/aromatic N) is 2. The first-order valence-corrected chi connectivity index (χ1v) is 7.49. The first kappa shape index (κ1) is 17.9. The second-order valence-electron chi connectivity index (χ2n) is 5.21. The Bertz CT molecular complexity index is 485. The van der Waals surface area contributed by atoms with E-state index in [1.54, 1.807) is 26.2 Å². The fourth-order valence-electron chi connectivity index (χ4n) is 1.64. The van der Waals surface area contributed by atoms with Crippen molar-refractivity contribution in [3.05, 3.63) is 35.6 Å². The number of carbonyl (C=O) groups is 1. The van der Waals surface area contributed by atoms with Crippen LogP contribution in [0.1, 0.15) is 25.3 Å². The quantitative estimate of drug-likeness (QED) is 0.458. The summed E-state index contributed by atoms with van der Waals surface area (Å²) >= 11 is 0. The Kier molecular flexibility index (Phi) is 7.96. The van der Waals surface area contributed by atoms with Crippen LogP contribution in [0.25, 0.3) is 0 Å². The Morgan fingerprint density at radius 3 is 2.50 bits per heavy atom. The number of amides is 1. The van der Waals surface area contributed by atoms with Crippen molar-refractivity contribution >= 4 is 11.9 Å². The number of likely N-dealkylation sites (N-methyl/N-ethyl adjacent to an activating group) is 1. The summed E-state index contributed by atoms with van der Waals surface area (Å²) in [5, 5.41) is 6.21. The Hall–Kier alpha value is -2.11. The van der Waals surface area contributed by atoms with Crippen molar-refractivity contribution in [2.45, 2.75) is 26.3 Å². The van der Waals surface area contributed by atoms with Gasteiger partial charge >= 0.3 is 0 Å². The van der Waals surface area contributed by atoms with Gasteiger partial charge in [0.1, 0.15) is 5.82 Å². The molecule has 122 valence electrons. The number of carbonyl (C=O) groups excluding carboxylic acids is 1. The van der Waals surface area contributed by atoms with Crippen LogP contribution in [-0.4, -0.2) is 44.0 Å². The predicted molar refractivity (Wildman–Crippen MR) is 87.1 cm³/mol. The van der Waals surface area contributed by atoms with Crippen molar-refractivity contribution in [2.75, 3.05) is 27.2 Å². The smallest absolute Gasteiger partial charge is 0.241 e. The highest BCUT2D eigenvalue weighted by atomic mass is 19.1. The van der Waals surface area contributed by atoms with E-state index in [0.717, 1.165) is 24.9 Å². The van der Waals surface area contributed by atoms with Crippen molar-refractivity contribution < 1.29 is 9.18 Å². The zero-order valence-electron chi connectivity index (χ0n) is 13.5. The molecule has 1 rings (SSSR count). The maximum atomic E-state index is 12.9. The Morgan fingerprint density at radius 1 is 1.23 bits per heavy atom. The van der Waals surface area contributed by atoms with Gasteiger partial charge in [0.25, 0.3) is 0 Å². The number of guanidine groups is 1. The van der Waals surface area contributed by atoms with Gasteiger partial charge < -0.3 is 15.5 Å². The molecule has 0 unspecified atom stereocenters. The van der Waals surface area contributed by atoms with Gasteiger partial charge in [-0.25, -0.2) is 9.38 Å². The highest BCUT2D eigenvalue weighted by Crippen LogP contribution is 2.03. The van der Waals surface area contributed by atoms with Crippen LogP contribution < -0.4 is 10.6 Å². The molecule has 0 saturated carbocycles. The predicted octanol–water partition coefficient (Wildman–Crippen LogP) is 1.75. The summed E-state index contributed by atoms with van der Waals surface area (Å²) in [6.07, 6.45) is 2.10. The monoisotopic (exact) mass is 308 g/mol. The first-order valence-electron chi connectivity index (χ1n) is 7.49. The van der Waals surface area contributed by atoms with Crippen molar-refractivity contribution in [2.24, 2.45) is 4.99 Å². The van der Waals surface area contributed by atoms with Crippen LogP contribution in [0.15, 0.2) is 29.3 Å². The zero-order valence-corrected chi connectivity index (χ0v) is 13.5. The number of unbranched alkanes of at least 4 members (excludes halogenated alkanes) is 1. The normalized spacial score (nSPS) is 11.2. The third kappa shape index (κ3) is 7.06. The average Bonchev–Trinajstić information content (AvgIpc) is 2.50. The molecule has 0 aliphatic heterocycles. The van der Waals surface area contributed by atoms with Crippen LogP contribution in [0.5, 0.6) is 0 Å². The lowest BCUT2D eigenvalue weighted by Gasteiger charge is -2.14. The maximum Gasteiger partial charge on any atom is 0.241 e. The molecule has 0 bridgehead atoms. The van der Waals surface area contributed by atoms with E-state index in [4.69, 9.17) is 0 Å². The third-order valence-corrected chi connectivity index (χ3v) is 3.06. The minimum absolute atomic E-state index is 0.0215. The van der Waals surface area contributed by atoms with Gasteiger partial charge in [-0.1, -0.05) is 25.5 Å². The van der Waals surface area contributed by atoms with E-state index in [1.165, 1.54) is 17.0 Å². The molecule has 5 nitrogen and oxygen atoms in total. The summed E-state index contributed by atoms with van der Waals surface area (Å²) in [5.74, 6) is 0.309. The largest absolute Gasteiger partial charge is 0.356 e. The van der Waals surface area contributed by atoms with E-state index in [2.05, 4.69) is 22.5 Å². The molecule has 0 aliphatic rings. The molecule has 0 spiro atoms. The molecule has 0 fully saturated rings. The summed E-state index contributed by atoms with van der Waals surface area (Å²) in [5.41, 5.74) is 0.914. The minimum Gasteiger partial charge on any atom is -0.356 e. The molecule has 2 N–H and O–H groups in total. The Labute approximate surface area is 131 Å². The van der Waals surface area contributed by atoms with Gasteiger partial charge in [-0.2, -0.15) is 0 Å². The van der Waals surface area contributed by atoms with Gasteiger partial charge in [-0.15, -0.1) is 0 Å². The highest BCUT2D eigenvalue weighted by Gasteiger charge is 2.05. The topological polar surface area (TPSA) is 56.7 Å². The van der Waals surface area contributed by atoms with Crippen molar-refractivity contribution in [1.29, 1.82) is 0 Å². The number of hydrogen-bond acceptors (Lipinski definition) is 2. The number of nitrogens with one attached hydrogen (secondary N) is 2. The second kappa shape index (κ2) is 9.76. The molecule has 1 aromatic carbocycles. The average molecular weight is 308 g/mol. The fourth-order valence-corrected chi connectivity index (χ4v) is 1.64. The van der Waals surface area contributed by atoms with E-state index in [0.29, 0.717) is 12.5 Å². The number of rotatable bonds is 7. The van der Waals surface area contributed by atoms with Gasteiger partial charge in [0.15, 0.2) is 5.96 Å². The lowest BCUT2D eigenvalue weighted by atomic mass is 10.2.